The summed E-state index contributed by atoms with van der Waals surface area (Å²) in [5.41, 5.74) is 0.381. The van der Waals surface area contributed by atoms with Crippen LogP contribution in [0, 0.1) is 0 Å². The minimum absolute atomic E-state index is 0.143. The van der Waals surface area contributed by atoms with Crippen LogP contribution in [0.1, 0.15) is 29.8 Å². The minimum atomic E-state index is -0.143. The molecule has 1 aromatic heterocycles. The maximum atomic E-state index is 11.7. The van der Waals surface area contributed by atoms with Gasteiger partial charge in [-0.1, -0.05) is 6.42 Å². The summed E-state index contributed by atoms with van der Waals surface area (Å²) < 4.78 is 0. The van der Waals surface area contributed by atoms with Crippen molar-refractivity contribution in [1.82, 2.24) is 20.2 Å². The van der Waals surface area contributed by atoms with Crippen LogP contribution in [-0.2, 0) is 0 Å². The summed E-state index contributed by atoms with van der Waals surface area (Å²) in [6.07, 6.45) is 8.46. The number of rotatable bonds is 4. The van der Waals surface area contributed by atoms with Gasteiger partial charge in [-0.15, -0.1) is 0 Å². The first kappa shape index (κ1) is 12.0. The van der Waals surface area contributed by atoms with Crippen molar-refractivity contribution in [2.75, 3.05) is 26.2 Å². The molecule has 0 saturated carbocycles. The summed E-state index contributed by atoms with van der Waals surface area (Å²) in [7, 11) is 0. The molecular formula is C12H18N4O. The zero-order chi connectivity index (χ0) is 11.9. The second-order valence-corrected chi connectivity index (χ2v) is 4.25. The molecule has 17 heavy (non-hydrogen) atoms. The molecule has 0 aromatic carbocycles. The van der Waals surface area contributed by atoms with Crippen LogP contribution in [0.2, 0.25) is 0 Å². The first-order valence-corrected chi connectivity index (χ1v) is 6.13. The molecule has 0 radical (unpaired) electrons. The van der Waals surface area contributed by atoms with Gasteiger partial charge in [-0.25, -0.2) is 4.98 Å². The van der Waals surface area contributed by atoms with Gasteiger partial charge in [0.2, 0.25) is 0 Å². The molecule has 0 bridgehead atoms. The largest absolute Gasteiger partial charge is 0.349 e. The molecule has 1 N–H and O–H groups in total. The molecule has 2 rings (SSSR count). The molecule has 2 heterocycles. The van der Waals surface area contributed by atoms with Gasteiger partial charge in [-0.2, -0.15) is 0 Å². The predicted octanol–water partition coefficient (Wildman–Crippen LogP) is 0.692. The number of amides is 1. The highest BCUT2D eigenvalue weighted by Gasteiger charge is 2.10. The Morgan fingerprint density at radius 1 is 1.29 bits per heavy atom. The smallest absolute Gasteiger partial charge is 0.271 e. The molecule has 1 aromatic rings. The normalized spacial score (nSPS) is 16.7. The topological polar surface area (TPSA) is 58.1 Å². The lowest BCUT2D eigenvalue weighted by atomic mass is 10.1. The molecule has 1 saturated heterocycles. The van der Waals surface area contributed by atoms with Crippen molar-refractivity contribution in [3.05, 3.63) is 24.3 Å². The number of aromatic nitrogens is 2. The molecule has 0 atom stereocenters. The minimum Gasteiger partial charge on any atom is -0.349 e. The van der Waals surface area contributed by atoms with E-state index in [2.05, 4.69) is 20.2 Å². The van der Waals surface area contributed by atoms with Gasteiger partial charge in [-0.3, -0.25) is 9.78 Å². The molecule has 0 unspecified atom stereocenters. The number of carbonyl (C=O) groups is 1. The number of hydrogen-bond donors (Lipinski definition) is 1. The van der Waals surface area contributed by atoms with Crippen molar-refractivity contribution in [3.8, 4) is 0 Å². The predicted molar refractivity (Wildman–Crippen MR) is 64.7 cm³/mol. The first-order valence-electron chi connectivity index (χ1n) is 6.13. The van der Waals surface area contributed by atoms with Crippen molar-refractivity contribution in [2.24, 2.45) is 0 Å². The number of nitrogens with one attached hydrogen (secondary N) is 1. The van der Waals surface area contributed by atoms with Crippen LogP contribution >= 0.6 is 0 Å². The van der Waals surface area contributed by atoms with Crippen LogP contribution in [0.5, 0.6) is 0 Å². The molecular weight excluding hydrogens is 216 g/mol. The highest BCUT2D eigenvalue weighted by molar-refractivity contribution is 5.91. The van der Waals surface area contributed by atoms with Crippen LogP contribution in [-0.4, -0.2) is 47.0 Å². The van der Waals surface area contributed by atoms with Gasteiger partial charge in [-0.05, 0) is 25.9 Å². The van der Waals surface area contributed by atoms with Gasteiger partial charge in [0.1, 0.15) is 5.69 Å². The maximum absolute atomic E-state index is 11.7. The van der Waals surface area contributed by atoms with E-state index in [4.69, 9.17) is 0 Å². The van der Waals surface area contributed by atoms with E-state index in [-0.39, 0.29) is 5.91 Å². The lowest BCUT2D eigenvalue weighted by Gasteiger charge is -2.26. The second kappa shape index (κ2) is 6.30. The van der Waals surface area contributed by atoms with E-state index in [1.54, 1.807) is 6.20 Å². The van der Waals surface area contributed by atoms with Crippen molar-refractivity contribution in [1.29, 1.82) is 0 Å². The Morgan fingerprint density at radius 2 is 2.12 bits per heavy atom. The number of hydrogen-bond acceptors (Lipinski definition) is 4. The number of nitrogens with zero attached hydrogens (tertiary/aromatic N) is 3. The zero-order valence-corrected chi connectivity index (χ0v) is 9.93. The SMILES string of the molecule is O=C(NCCN1CCCCC1)c1cnccn1. The lowest BCUT2D eigenvalue weighted by Crippen LogP contribution is -2.37. The first-order chi connectivity index (χ1) is 8.36. The highest BCUT2D eigenvalue weighted by Crippen LogP contribution is 2.07. The van der Waals surface area contributed by atoms with Crippen LogP contribution < -0.4 is 5.32 Å². The van der Waals surface area contributed by atoms with Gasteiger partial charge in [0.15, 0.2) is 0 Å². The Labute approximate surface area is 101 Å². The van der Waals surface area contributed by atoms with Crippen LogP contribution in [0.15, 0.2) is 18.6 Å². The Morgan fingerprint density at radius 3 is 2.82 bits per heavy atom. The van der Waals surface area contributed by atoms with Gasteiger partial charge >= 0.3 is 0 Å². The third-order valence-electron chi connectivity index (χ3n) is 2.96. The van der Waals surface area contributed by atoms with E-state index in [1.165, 1.54) is 31.7 Å². The Bertz CT molecular complexity index is 349. The molecule has 1 aliphatic heterocycles. The summed E-state index contributed by atoms with van der Waals surface area (Å²) in [5.74, 6) is -0.143. The summed E-state index contributed by atoms with van der Waals surface area (Å²) in [6, 6.07) is 0. The molecule has 1 fully saturated rings. The molecule has 92 valence electrons. The third-order valence-corrected chi connectivity index (χ3v) is 2.96. The summed E-state index contributed by atoms with van der Waals surface area (Å²) in [5, 5.41) is 2.86. The maximum Gasteiger partial charge on any atom is 0.271 e. The Kier molecular flexibility index (Phi) is 4.44. The van der Waals surface area contributed by atoms with Crippen molar-refractivity contribution in [2.45, 2.75) is 19.3 Å². The fraction of sp³-hybridized carbons (Fsp3) is 0.583. The van der Waals surface area contributed by atoms with Crippen LogP contribution in [0.3, 0.4) is 0 Å². The monoisotopic (exact) mass is 234 g/mol. The van der Waals surface area contributed by atoms with Crippen molar-refractivity contribution >= 4 is 5.91 Å². The summed E-state index contributed by atoms with van der Waals surface area (Å²) >= 11 is 0. The number of likely N-dealkylation sites (tertiary alicyclic amines) is 1. The fourth-order valence-electron chi connectivity index (χ4n) is 2.02. The van der Waals surface area contributed by atoms with Crippen molar-refractivity contribution < 1.29 is 4.79 Å². The molecule has 0 aliphatic carbocycles. The van der Waals surface area contributed by atoms with Crippen LogP contribution in [0.25, 0.3) is 0 Å². The summed E-state index contributed by atoms with van der Waals surface area (Å²) in [4.78, 5) is 21.9. The van der Waals surface area contributed by atoms with Crippen molar-refractivity contribution in [3.63, 3.8) is 0 Å². The second-order valence-electron chi connectivity index (χ2n) is 4.25. The standard InChI is InChI=1S/C12H18N4O/c17-12(11-10-13-4-5-14-11)15-6-9-16-7-2-1-3-8-16/h4-5,10H,1-3,6-9H2,(H,15,17). The number of piperidine rings is 1. The van der Waals surface area contributed by atoms with E-state index in [1.807, 2.05) is 0 Å². The van der Waals surface area contributed by atoms with Gasteiger partial charge in [0.25, 0.3) is 5.91 Å². The molecule has 1 aliphatic rings. The molecule has 5 nitrogen and oxygen atoms in total. The number of carbonyl (C=O) groups excluding carboxylic acids is 1. The van der Waals surface area contributed by atoms with Gasteiger partial charge in [0, 0.05) is 25.5 Å². The summed E-state index contributed by atoms with van der Waals surface area (Å²) in [6.45, 7) is 3.91. The van der Waals surface area contributed by atoms with E-state index in [0.29, 0.717) is 12.2 Å². The quantitative estimate of drug-likeness (QED) is 0.833. The van der Waals surface area contributed by atoms with Gasteiger partial charge in [0.05, 0.1) is 6.20 Å². The Hall–Kier alpha value is -1.49. The molecule has 5 heteroatoms. The lowest BCUT2D eigenvalue weighted by molar-refractivity contribution is 0.0941. The van der Waals surface area contributed by atoms with E-state index < -0.39 is 0 Å². The molecule has 1 amide bonds. The van der Waals surface area contributed by atoms with E-state index in [0.717, 1.165) is 19.6 Å². The van der Waals surface area contributed by atoms with E-state index >= 15 is 0 Å². The highest BCUT2D eigenvalue weighted by atomic mass is 16.1. The average molecular weight is 234 g/mol. The van der Waals surface area contributed by atoms with E-state index in [9.17, 15) is 4.79 Å². The third kappa shape index (κ3) is 3.78. The zero-order valence-electron chi connectivity index (χ0n) is 9.93. The Balaban J connectivity index is 1.69. The van der Waals surface area contributed by atoms with Gasteiger partial charge < -0.3 is 10.2 Å². The molecule has 0 spiro atoms. The fourth-order valence-corrected chi connectivity index (χ4v) is 2.02. The van der Waals surface area contributed by atoms with Crippen LogP contribution in [0.4, 0.5) is 0 Å². The average Bonchev–Trinajstić information content (AvgIpc) is 2.41.